The molecule has 0 saturated carbocycles. The molecule has 0 unspecified atom stereocenters. The Labute approximate surface area is 254 Å². The van der Waals surface area contributed by atoms with Gasteiger partial charge in [0.25, 0.3) is 0 Å². The lowest BCUT2D eigenvalue weighted by molar-refractivity contribution is 1.07. The second-order valence-electron chi connectivity index (χ2n) is 11.4. The van der Waals surface area contributed by atoms with E-state index in [1.165, 1.54) is 54.4 Å². The van der Waals surface area contributed by atoms with E-state index in [9.17, 15) is 5.26 Å². The minimum atomic E-state index is 0.674. The molecule has 2 heterocycles. The summed E-state index contributed by atoms with van der Waals surface area (Å²) in [6.45, 7) is 0. The Balaban J connectivity index is 1.28. The Morgan fingerprint density at radius 3 is 1.68 bits per heavy atom. The van der Waals surface area contributed by atoms with Crippen LogP contribution < -0.4 is 0 Å². The van der Waals surface area contributed by atoms with Gasteiger partial charge in [-0.3, -0.25) is 9.13 Å². The zero-order valence-corrected chi connectivity index (χ0v) is 23.8. The highest BCUT2D eigenvalue weighted by Gasteiger charge is 2.21. The van der Waals surface area contributed by atoms with E-state index in [2.05, 4.69) is 143 Å². The Hall–Kier alpha value is -6.11. The second kappa shape index (κ2) is 9.46. The molecule has 0 bridgehead atoms. The summed E-state index contributed by atoms with van der Waals surface area (Å²) in [5.41, 5.74) is 8.78. The van der Waals surface area contributed by atoms with Gasteiger partial charge in [0.05, 0.1) is 22.7 Å². The maximum Gasteiger partial charge on any atom is 0.131 e. The monoisotopic (exact) mass is 559 g/mol. The summed E-state index contributed by atoms with van der Waals surface area (Å²) in [6.07, 6.45) is 0. The van der Waals surface area contributed by atoms with Crippen molar-refractivity contribution in [3.05, 3.63) is 157 Å². The lowest BCUT2D eigenvalue weighted by atomic mass is 9.98. The van der Waals surface area contributed by atoms with Gasteiger partial charge in [-0.2, -0.15) is 5.26 Å². The molecule has 3 nitrogen and oxygen atoms in total. The van der Waals surface area contributed by atoms with E-state index in [1.807, 2.05) is 24.3 Å². The SMILES string of the molecule is N#Cc1ccc(-c2ccc3cc4cc(-n5c6ccccc6c6c7ccccc7n(-c7ccccc7)c65)ccc4cc3c2)cc1. The lowest BCUT2D eigenvalue weighted by Crippen LogP contribution is -2.01. The number of nitriles is 1. The third-order valence-electron chi connectivity index (χ3n) is 8.87. The molecule has 204 valence electrons. The van der Waals surface area contributed by atoms with Crippen LogP contribution in [0.2, 0.25) is 0 Å². The molecule has 44 heavy (non-hydrogen) atoms. The van der Waals surface area contributed by atoms with Crippen molar-refractivity contribution in [3.8, 4) is 28.6 Å². The van der Waals surface area contributed by atoms with Crippen molar-refractivity contribution >= 4 is 54.4 Å². The maximum absolute atomic E-state index is 9.17. The van der Waals surface area contributed by atoms with Crippen molar-refractivity contribution in [1.29, 1.82) is 5.26 Å². The average Bonchev–Trinajstić information content (AvgIpc) is 3.60. The van der Waals surface area contributed by atoms with Gasteiger partial charge in [-0.25, -0.2) is 0 Å². The molecule has 0 aliphatic rings. The van der Waals surface area contributed by atoms with Crippen molar-refractivity contribution in [2.24, 2.45) is 0 Å². The predicted octanol–water partition coefficient (Wildman–Crippen LogP) is 10.6. The van der Waals surface area contributed by atoms with Crippen LogP contribution in [0.25, 0.3) is 76.9 Å². The molecule has 0 fully saturated rings. The van der Waals surface area contributed by atoms with Crippen LogP contribution in [0, 0.1) is 11.3 Å². The number of para-hydroxylation sites is 3. The Kier molecular flexibility index (Phi) is 5.26. The summed E-state index contributed by atoms with van der Waals surface area (Å²) in [4.78, 5) is 0. The molecular weight excluding hydrogens is 534 g/mol. The number of rotatable bonds is 3. The zero-order valence-electron chi connectivity index (χ0n) is 23.8. The molecule has 0 atom stereocenters. The maximum atomic E-state index is 9.17. The van der Waals surface area contributed by atoms with Crippen molar-refractivity contribution in [2.75, 3.05) is 0 Å². The molecule has 0 N–H and O–H groups in total. The predicted molar refractivity (Wildman–Crippen MR) is 183 cm³/mol. The summed E-state index contributed by atoms with van der Waals surface area (Å²) < 4.78 is 4.83. The van der Waals surface area contributed by atoms with Gasteiger partial charge in [0.15, 0.2) is 0 Å². The fourth-order valence-electron chi connectivity index (χ4n) is 6.84. The molecule has 9 aromatic rings. The van der Waals surface area contributed by atoms with Gasteiger partial charge in [-0.05, 0) is 99.4 Å². The van der Waals surface area contributed by atoms with Gasteiger partial charge < -0.3 is 0 Å². The molecule has 3 heteroatoms. The van der Waals surface area contributed by atoms with Crippen LogP contribution in [0.15, 0.2) is 152 Å². The minimum Gasteiger partial charge on any atom is -0.295 e. The summed E-state index contributed by atoms with van der Waals surface area (Å²) in [5.74, 6) is 0. The van der Waals surface area contributed by atoms with Crippen molar-refractivity contribution in [1.82, 2.24) is 9.13 Å². The molecule has 9 rings (SSSR count). The topological polar surface area (TPSA) is 33.6 Å². The van der Waals surface area contributed by atoms with Crippen molar-refractivity contribution < 1.29 is 0 Å². The van der Waals surface area contributed by atoms with Gasteiger partial charge in [0, 0.05) is 27.5 Å². The van der Waals surface area contributed by atoms with E-state index in [4.69, 9.17) is 0 Å². The Bertz CT molecular complexity index is 2600. The first-order chi connectivity index (χ1) is 21.8. The number of aromatic nitrogens is 2. The molecule has 7 aromatic carbocycles. The molecular formula is C41H25N3. The highest BCUT2D eigenvalue weighted by atomic mass is 15.1. The van der Waals surface area contributed by atoms with E-state index in [0.717, 1.165) is 22.5 Å². The lowest BCUT2D eigenvalue weighted by Gasteiger charge is -2.14. The molecule has 2 aromatic heterocycles. The second-order valence-corrected chi connectivity index (χ2v) is 11.4. The quantitative estimate of drug-likeness (QED) is 0.198. The summed E-state index contributed by atoms with van der Waals surface area (Å²) >= 11 is 0. The number of hydrogen-bond donors (Lipinski definition) is 0. The first-order valence-electron chi connectivity index (χ1n) is 14.8. The highest BCUT2D eigenvalue weighted by Crippen LogP contribution is 2.41. The zero-order chi connectivity index (χ0) is 29.2. The smallest absolute Gasteiger partial charge is 0.131 e. The van der Waals surface area contributed by atoms with Crippen molar-refractivity contribution in [3.63, 3.8) is 0 Å². The standard InChI is InChI=1S/C41H25N3/c42-26-27-14-16-28(17-15-27)29-18-19-30-24-33-25-35(21-20-31(33)23-32(30)22-29)44-39-13-7-5-11-37(39)40-36-10-4-6-12-38(36)43(41(40)44)34-8-2-1-3-9-34/h1-25H. The van der Waals surface area contributed by atoms with Crippen LogP contribution in [0.1, 0.15) is 5.56 Å². The van der Waals surface area contributed by atoms with E-state index in [0.29, 0.717) is 5.56 Å². The number of fused-ring (bicyclic) bond motifs is 7. The number of nitrogens with zero attached hydrogens (tertiary/aromatic N) is 3. The van der Waals surface area contributed by atoms with Gasteiger partial charge in [0.1, 0.15) is 5.65 Å². The highest BCUT2D eigenvalue weighted by molar-refractivity contribution is 6.22. The van der Waals surface area contributed by atoms with Gasteiger partial charge in [-0.1, -0.05) is 84.9 Å². The summed E-state index contributed by atoms with van der Waals surface area (Å²) in [6, 6.07) is 56.1. The minimum absolute atomic E-state index is 0.674. The fourth-order valence-corrected chi connectivity index (χ4v) is 6.84. The van der Waals surface area contributed by atoms with Crippen LogP contribution in [-0.2, 0) is 0 Å². The van der Waals surface area contributed by atoms with Crippen molar-refractivity contribution in [2.45, 2.75) is 0 Å². The third-order valence-corrected chi connectivity index (χ3v) is 8.87. The first kappa shape index (κ1) is 24.5. The first-order valence-corrected chi connectivity index (χ1v) is 14.8. The van der Waals surface area contributed by atoms with Gasteiger partial charge in [0.2, 0.25) is 0 Å². The van der Waals surface area contributed by atoms with E-state index in [1.54, 1.807) is 0 Å². The van der Waals surface area contributed by atoms with E-state index >= 15 is 0 Å². The van der Waals surface area contributed by atoms with Gasteiger partial charge >= 0.3 is 0 Å². The van der Waals surface area contributed by atoms with Gasteiger partial charge in [-0.15, -0.1) is 0 Å². The summed E-state index contributed by atoms with van der Waals surface area (Å²) in [5, 5.41) is 17.8. The molecule has 0 amide bonds. The molecule has 0 aliphatic heterocycles. The number of hydrogen-bond acceptors (Lipinski definition) is 1. The Morgan fingerprint density at radius 2 is 1.00 bits per heavy atom. The van der Waals surface area contributed by atoms with Crippen LogP contribution in [-0.4, -0.2) is 9.13 Å². The van der Waals surface area contributed by atoms with Crippen LogP contribution in [0.4, 0.5) is 0 Å². The normalized spacial score (nSPS) is 11.6. The fraction of sp³-hybridized carbons (Fsp3) is 0. The number of benzene rings is 7. The Morgan fingerprint density at radius 1 is 0.432 bits per heavy atom. The van der Waals surface area contributed by atoms with E-state index in [-0.39, 0.29) is 0 Å². The van der Waals surface area contributed by atoms with Crippen LogP contribution >= 0.6 is 0 Å². The van der Waals surface area contributed by atoms with E-state index < -0.39 is 0 Å². The third kappa shape index (κ3) is 3.62. The molecule has 0 aliphatic carbocycles. The summed E-state index contributed by atoms with van der Waals surface area (Å²) in [7, 11) is 0. The average molecular weight is 560 g/mol. The molecule has 0 saturated heterocycles. The molecule has 0 radical (unpaired) electrons. The van der Waals surface area contributed by atoms with Crippen LogP contribution in [0.5, 0.6) is 0 Å². The molecule has 0 spiro atoms. The largest absolute Gasteiger partial charge is 0.295 e. The van der Waals surface area contributed by atoms with Crippen LogP contribution in [0.3, 0.4) is 0 Å².